The lowest BCUT2D eigenvalue weighted by atomic mass is 10.1. The van der Waals surface area contributed by atoms with Crippen LogP contribution in [0.15, 0.2) is 0 Å². The van der Waals surface area contributed by atoms with Crippen LogP contribution in [0.25, 0.3) is 0 Å². The molecule has 0 bridgehead atoms. The average molecular weight is 265 g/mol. The van der Waals surface area contributed by atoms with Gasteiger partial charge in [-0.2, -0.15) is 5.10 Å². The van der Waals surface area contributed by atoms with Gasteiger partial charge in [0.2, 0.25) is 5.91 Å². The number of aryl methyl sites for hydroxylation is 2. The number of carbonyl (C=O) groups is 2. The Kier molecular flexibility index (Phi) is 3.59. The van der Waals surface area contributed by atoms with Gasteiger partial charge in [0.15, 0.2) is 0 Å². The normalized spacial score (nSPS) is 16.2. The Bertz CT molecular complexity index is 517. The lowest BCUT2D eigenvalue weighted by Gasteiger charge is -2.13. The minimum Gasteiger partial charge on any atom is -0.480 e. The van der Waals surface area contributed by atoms with Crippen LogP contribution in [0.4, 0.5) is 0 Å². The van der Waals surface area contributed by atoms with Gasteiger partial charge in [-0.15, -0.1) is 0 Å². The molecule has 19 heavy (non-hydrogen) atoms. The molecule has 2 rings (SSSR count). The summed E-state index contributed by atoms with van der Waals surface area (Å²) in [5.41, 5.74) is 2.62. The molecule has 0 radical (unpaired) electrons. The summed E-state index contributed by atoms with van der Waals surface area (Å²) in [5, 5.41) is 15.9. The molecule has 1 aromatic heterocycles. The third kappa shape index (κ3) is 2.94. The minimum atomic E-state index is -0.949. The van der Waals surface area contributed by atoms with E-state index >= 15 is 0 Å². The van der Waals surface area contributed by atoms with Crippen molar-refractivity contribution in [3.05, 3.63) is 17.0 Å². The first-order valence-corrected chi connectivity index (χ1v) is 6.41. The summed E-state index contributed by atoms with van der Waals surface area (Å²) < 4.78 is 1.73. The van der Waals surface area contributed by atoms with Crippen molar-refractivity contribution in [2.24, 2.45) is 13.0 Å². The van der Waals surface area contributed by atoms with E-state index in [1.807, 2.05) is 20.9 Å². The number of nitrogens with zero attached hydrogens (tertiary/aromatic N) is 2. The Labute approximate surface area is 111 Å². The van der Waals surface area contributed by atoms with Gasteiger partial charge in [-0.3, -0.25) is 9.48 Å². The Morgan fingerprint density at radius 3 is 2.53 bits per heavy atom. The first-order valence-electron chi connectivity index (χ1n) is 6.41. The molecular weight excluding hydrogens is 246 g/mol. The summed E-state index contributed by atoms with van der Waals surface area (Å²) in [6.07, 6.45) is 1.94. The molecule has 2 N–H and O–H groups in total. The fraction of sp³-hybridized carbons (Fsp3) is 0.615. The van der Waals surface area contributed by atoms with E-state index in [-0.39, 0.29) is 18.2 Å². The zero-order valence-electron chi connectivity index (χ0n) is 11.4. The average Bonchev–Trinajstić information content (AvgIpc) is 3.12. The number of aliphatic carboxylic acids is 1. The first kappa shape index (κ1) is 13.6. The van der Waals surface area contributed by atoms with Crippen molar-refractivity contribution in [3.8, 4) is 0 Å². The maximum absolute atomic E-state index is 12.0. The summed E-state index contributed by atoms with van der Waals surface area (Å²) in [7, 11) is 1.83. The van der Waals surface area contributed by atoms with Gasteiger partial charge in [-0.05, 0) is 32.6 Å². The van der Waals surface area contributed by atoms with E-state index in [0.29, 0.717) is 0 Å². The number of hydrogen-bond acceptors (Lipinski definition) is 3. The van der Waals surface area contributed by atoms with Gasteiger partial charge in [-0.1, -0.05) is 0 Å². The summed E-state index contributed by atoms with van der Waals surface area (Å²) >= 11 is 0. The van der Waals surface area contributed by atoms with Crippen molar-refractivity contribution in [1.82, 2.24) is 15.1 Å². The predicted molar refractivity (Wildman–Crippen MR) is 68.7 cm³/mol. The largest absolute Gasteiger partial charge is 0.480 e. The Morgan fingerprint density at radius 1 is 1.47 bits per heavy atom. The van der Waals surface area contributed by atoms with Crippen LogP contribution in [-0.2, 0) is 23.1 Å². The van der Waals surface area contributed by atoms with Crippen molar-refractivity contribution >= 4 is 11.9 Å². The summed E-state index contributed by atoms with van der Waals surface area (Å²) in [6.45, 7) is 3.75. The predicted octanol–water partition coefficient (Wildman–Crippen LogP) is 0.559. The SMILES string of the molecule is Cc1nn(C)c(C)c1CC(=O)NC(C(=O)O)C1CC1. The van der Waals surface area contributed by atoms with Gasteiger partial charge < -0.3 is 10.4 Å². The lowest BCUT2D eigenvalue weighted by Crippen LogP contribution is -2.43. The lowest BCUT2D eigenvalue weighted by molar-refractivity contribution is -0.142. The van der Waals surface area contributed by atoms with E-state index < -0.39 is 12.0 Å². The maximum Gasteiger partial charge on any atom is 0.326 e. The highest BCUT2D eigenvalue weighted by molar-refractivity contribution is 5.85. The smallest absolute Gasteiger partial charge is 0.326 e. The molecule has 1 aliphatic carbocycles. The van der Waals surface area contributed by atoms with Gasteiger partial charge >= 0.3 is 5.97 Å². The monoisotopic (exact) mass is 265 g/mol. The number of carboxylic acids is 1. The van der Waals surface area contributed by atoms with Gasteiger partial charge in [-0.25, -0.2) is 4.79 Å². The number of aromatic nitrogens is 2. The Balaban J connectivity index is 2.02. The molecule has 104 valence electrons. The molecule has 1 heterocycles. The van der Waals surface area contributed by atoms with Crippen molar-refractivity contribution in [2.75, 3.05) is 0 Å². The van der Waals surface area contributed by atoms with Crippen LogP contribution in [0, 0.1) is 19.8 Å². The Hall–Kier alpha value is -1.85. The van der Waals surface area contributed by atoms with E-state index in [1.54, 1.807) is 4.68 Å². The fourth-order valence-electron chi connectivity index (χ4n) is 2.27. The first-order chi connectivity index (χ1) is 8.90. The van der Waals surface area contributed by atoms with Crippen LogP contribution in [0.5, 0.6) is 0 Å². The quantitative estimate of drug-likeness (QED) is 0.814. The van der Waals surface area contributed by atoms with Gasteiger partial charge in [0.1, 0.15) is 6.04 Å². The van der Waals surface area contributed by atoms with E-state index in [1.165, 1.54) is 0 Å². The molecular formula is C13H19N3O3. The zero-order chi connectivity index (χ0) is 14.2. The molecule has 1 aromatic rings. The molecule has 1 fully saturated rings. The number of rotatable bonds is 5. The van der Waals surface area contributed by atoms with Crippen molar-refractivity contribution in [2.45, 2.75) is 39.2 Å². The summed E-state index contributed by atoms with van der Waals surface area (Å²) in [6, 6.07) is -0.746. The molecule has 1 amide bonds. The maximum atomic E-state index is 12.0. The molecule has 1 atom stereocenters. The molecule has 6 nitrogen and oxygen atoms in total. The van der Waals surface area contributed by atoms with Crippen LogP contribution in [0.3, 0.4) is 0 Å². The summed E-state index contributed by atoms with van der Waals surface area (Å²) in [5.74, 6) is -1.11. The third-order valence-corrected chi connectivity index (χ3v) is 3.67. The van der Waals surface area contributed by atoms with Crippen molar-refractivity contribution in [3.63, 3.8) is 0 Å². The summed E-state index contributed by atoms with van der Waals surface area (Å²) in [4.78, 5) is 23.0. The number of amides is 1. The van der Waals surface area contributed by atoms with Crippen molar-refractivity contribution in [1.29, 1.82) is 0 Å². The number of carbonyl (C=O) groups excluding carboxylic acids is 1. The highest BCUT2D eigenvalue weighted by Crippen LogP contribution is 2.32. The second-order valence-electron chi connectivity index (χ2n) is 5.17. The highest BCUT2D eigenvalue weighted by Gasteiger charge is 2.37. The molecule has 0 saturated heterocycles. The van der Waals surface area contributed by atoms with Gasteiger partial charge in [0.05, 0.1) is 12.1 Å². The van der Waals surface area contributed by atoms with Crippen LogP contribution in [-0.4, -0.2) is 32.8 Å². The standard InChI is InChI=1S/C13H19N3O3/c1-7-10(8(2)16(3)15-7)6-11(17)14-12(13(18)19)9-4-5-9/h9,12H,4-6H2,1-3H3,(H,14,17)(H,18,19). The number of hydrogen-bond donors (Lipinski definition) is 2. The van der Waals surface area contributed by atoms with E-state index in [4.69, 9.17) is 5.11 Å². The molecule has 1 unspecified atom stereocenters. The molecule has 0 spiro atoms. The fourth-order valence-corrected chi connectivity index (χ4v) is 2.27. The van der Waals surface area contributed by atoms with Crippen LogP contribution in [0.2, 0.25) is 0 Å². The third-order valence-electron chi connectivity index (χ3n) is 3.67. The van der Waals surface area contributed by atoms with Crippen molar-refractivity contribution < 1.29 is 14.7 Å². The molecule has 0 aromatic carbocycles. The molecule has 1 saturated carbocycles. The Morgan fingerprint density at radius 2 is 2.11 bits per heavy atom. The van der Waals surface area contributed by atoms with Gasteiger partial charge in [0, 0.05) is 18.3 Å². The van der Waals surface area contributed by atoms with Crippen LogP contribution < -0.4 is 5.32 Å². The molecule has 0 aliphatic heterocycles. The molecule has 6 heteroatoms. The van der Waals surface area contributed by atoms with E-state index in [9.17, 15) is 9.59 Å². The van der Waals surface area contributed by atoms with Gasteiger partial charge in [0.25, 0.3) is 0 Å². The highest BCUT2D eigenvalue weighted by atomic mass is 16.4. The second-order valence-corrected chi connectivity index (χ2v) is 5.17. The minimum absolute atomic E-state index is 0.0949. The number of nitrogens with one attached hydrogen (secondary N) is 1. The van der Waals surface area contributed by atoms with Crippen LogP contribution in [0.1, 0.15) is 29.8 Å². The zero-order valence-corrected chi connectivity index (χ0v) is 11.4. The number of carboxylic acid groups (broad SMARTS) is 1. The second kappa shape index (κ2) is 5.03. The topological polar surface area (TPSA) is 84.2 Å². The van der Waals surface area contributed by atoms with Crippen LogP contribution >= 0.6 is 0 Å². The van der Waals surface area contributed by atoms with E-state index in [2.05, 4.69) is 10.4 Å². The molecule has 1 aliphatic rings. The van der Waals surface area contributed by atoms with E-state index in [0.717, 1.165) is 29.8 Å².